The summed E-state index contributed by atoms with van der Waals surface area (Å²) in [6.07, 6.45) is 0. The van der Waals surface area contributed by atoms with Gasteiger partial charge in [-0.2, -0.15) is 0 Å². The lowest BCUT2D eigenvalue weighted by atomic mass is 9.82. The van der Waals surface area contributed by atoms with Crippen LogP contribution in [0, 0.1) is 0 Å². The molecule has 0 saturated carbocycles. The molecule has 0 atom stereocenters. The first kappa shape index (κ1) is 26.4. The van der Waals surface area contributed by atoms with Gasteiger partial charge in [0.1, 0.15) is 0 Å². The van der Waals surface area contributed by atoms with Gasteiger partial charge < -0.3 is 9.13 Å². The van der Waals surface area contributed by atoms with Crippen LogP contribution in [0.25, 0.3) is 86.3 Å². The summed E-state index contributed by atoms with van der Waals surface area (Å²) in [4.78, 5) is 0. The maximum Gasteiger partial charge on any atom is 0.0562 e. The monoisotopic (exact) mass is 630 g/mol. The average Bonchev–Trinajstić information content (AvgIpc) is 3.82. The third kappa shape index (κ3) is 3.36. The summed E-state index contributed by atoms with van der Waals surface area (Å²) in [5.41, 5.74) is 12.7. The number of aromatic nitrogens is 2. The van der Waals surface area contributed by atoms with Gasteiger partial charge in [0, 0.05) is 58.5 Å². The molecule has 3 aromatic heterocycles. The highest BCUT2D eigenvalue weighted by Gasteiger charge is 2.35. The van der Waals surface area contributed by atoms with Gasteiger partial charge in [0.05, 0.1) is 22.1 Å². The first-order valence-electron chi connectivity index (χ1n) is 16.7. The first-order chi connectivity index (χ1) is 23.6. The van der Waals surface area contributed by atoms with Crippen LogP contribution in [-0.2, 0) is 5.41 Å². The van der Waals surface area contributed by atoms with Crippen LogP contribution in [0.5, 0.6) is 0 Å². The van der Waals surface area contributed by atoms with Gasteiger partial charge in [-0.15, -0.1) is 11.3 Å². The predicted molar refractivity (Wildman–Crippen MR) is 206 cm³/mol. The van der Waals surface area contributed by atoms with E-state index in [0.29, 0.717) is 0 Å². The Morgan fingerprint density at radius 2 is 0.958 bits per heavy atom. The van der Waals surface area contributed by atoms with E-state index in [1.165, 1.54) is 97.4 Å². The van der Waals surface area contributed by atoms with Gasteiger partial charge in [-0.3, -0.25) is 0 Å². The lowest BCUT2D eigenvalue weighted by Gasteiger charge is -2.22. The van der Waals surface area contributed by atoms with E-state index in [-0.39, 0.29) is 5.41 Å². The highest BCUT2D eigenvalue weighted by Crippen LogP contribution is 2.50. The zero-order valence-corrected chi connectivity index (χ0v) is 27.5. The normalized spacial score (nSPS) is 13.8. The molecule has 0 aliphatic heterocycles. The summed E-state index contributed by atoms with van der Waals surface area (Å²) in [6.45, 7) is 4.73. The molecule has 3 heteroatoms. The lowest BCUT2D eigenvalue weighted by molar-refractivity contribution is 0.660. The van der Waals surface area contributed by atoms with Crippen molar-refractivity contribution in [1.82, 2.24) is 9.13 Å². The van der Waals surface area contributed by atoms with Gasteiger partial charge in [-0.25, -0.2) is 0 Å². The minimum absolute atomic E-state index is 0.0646. The third-order valence-electron chi connectivity index (χ3n) is 10.9. The van der Waals surface area contributed by atoms with Crippen LogP contribution in [0.2, 0.25) is 0 Å². The molecule has 0 unspecified atom stereocenters. The van der Waals surface area contributed by atoms with Crippen molar-refractivity contribution in [3.8, 4) is 22.5 Å². The van der Waals surface area contributed by atoms with Crippen LogP contribution in [0.4, 0.5) is 0 Å². The number of para-hydroxylation sites is 2. The molecule has 2 nitrogen and oxygen atoms in total. The van der Waals surface area contributed by atoms with Crippen molar-refractivity contribution < 1.29 is 0 Å². The number of rotatable bonds is 2. The second-order valence-electron chi connectivity index (χ2n) is 13.8. The number of hydrogen-bond donors (Lipinski definition) is 0. The number of nitrogens with zero attached hydrogens (tertiary/aromatic N) is 2. The SMILES string of the molecule is CC1(C)c2ccccc2-c2ccc(-n3c4ccccc4c4cc5c6ccccc6n(-c6ccc7sc8ccccc8c7c6)c5cc43)cc21. The standard InChI is InChI=1S/C45H30N2S/c1-45(2)37-15-7-3-11-29(37)30-21-19-28(24-38(30)45)47-40-17-9-5-13-32(40)35-25-34-31-12-4-8-16-39(31)46(41(34)26-42(35)47)27-20-22-44-36(23-27)33-14-6-10-18-43(33)48-44/h3-26H,1-2H3. The molecule has 0 saturated heterocycles. The summed E-state index contributed by atoms with van der Waals surface area (Å²) in [5.74, 6) is 0. The Balaban J connectivity index is 1.22. The van der Waals surface area contributed by atoms with Gasteiger partial charge in [0.2, 0.25) is 0 Å². The van der Waals surface area contributed by atoms with Crippen molar-refractivity contribution >= 4 is 75.1 Å². The zero-order chi connectivity index (χ0) is 31.7. The molecular formula is C45H30N2S. The van der Waals surface area contributed by atoms with Crippen LogP contribution in [-0.4, -0.2) is 9.13 Å². The molecule has 1 aliphatic carbocycles. The molecule has 0 amide bonds. The van der Waals surface area contributed by atoms with E-state index in [9.17, 15) is 0 Å². The lowest BCUT2D eigenvalue weighted by Crippen LogP contribution is -2.15. The van der Waals surface area contributed by atoms with E-state index >= 15 is 0 Å². The van der Waals surface area contributed by atoms with Gasteiger partial charge in [0.25, 0.3) is 0 Å². The fourth-order valence-corrected chi connectivity index (χ4v) is 9.76. The highest BCUT2D eigenvalue weighted by molar-refractivity contribution is 7.25. The summed E-state index contributed by atoms with van der Waals surface area (Å²) >= 11 is 1.87. The van der Waals surface area contributed by atoms with E-state index in [2.05, 4.69) is 169 Å². The molecule has 0 spiro atoms. The number of benzene rings is 7. The zero-order valence-electron chi connectivity index (χ0n) is 26.7. The molecule has 226 valence electrons. The maximum absolute atomic E-state index is 2.49. The minimum Gasteiger partial charge on any atom is -0.309 e. The van der Waals surface area contributed by atoms with E-state index in [4.69, 9.17) is 0 Å². The molecule has 0 radical (unpaired) electrons. The topological polar surface area (TPSA) is 9.86 Å². The van der Waals surface area contributed by atoms with E-state index < -0.39 is 0 Å². The first-order valence-corrected chi connectivity index (χ1v) is 17.5. The van der Waals surface area contributed by atoms with Crippen LogP contribution in [0.1, 0.15) is 25.0 Å². The van der Waals surface area contributed by atoms with Gasteiger partial charge >= 0.3 is 0 Å². The maximum atomic E-state index is 2.49. The molecule has 10 aromatic rings. The summed E-state index contributed by atoms with van der Waals surface area (Å²) in [6, 6.07) is 54.4. The second kappa shape index (κ2) is 9.25. The Bertz CT molecular complexity index is 2980. The van der Waals surface area contributed by atoms with E-state index in [0.717, 1.165) is 0 Å². The van der Waals surface area contributed by atoms with Gasteiger partial charge in [0.15, 0.2) is 0 Å². The molecule has 0 bridgehead atoms. The van der Waals surface area contributed by atoms with Crippen molar-refractivity contribution in [3.63, 3.8) is 0 Å². The Kier molecular flexibility index (Phi) is 5.09. The Hall–Kier alpha value is -5.64. The van der Waals surface area contributed by atoms with Gasteiger partial charge in [-0.1, -0.05) is 98.8 Å². The van der Waals surface area contributed by atoms with Crippen molar-refractivity contribution in [3.05, 3.63) is 157 Å². The van der Waals surface area contributed by atoms with E-state index in [1.807, 2.05) is 11.3 Å². The van der Waals surface area contributed by atoms with Crippen molar-refractivity contribution in [2.24, 2.45) is 0 Å². The van der Waals surface area contributed by atoms with Crippen LogP contribution < -0.4 is 0 Å². The summed E-state index contributed by atoms with van der Waals surface area (Å²) in [7, 11) is 0. The fraction of sp³-hybridized carbons (Fsp3) is 0.0667. The molecule has 0 fully saturated rings. The number of thiophene rings is 1. The van der Waals surface area contributed by atoms with Crippen LogP contribution in [0.3, 0.4) is 0 Å². The molecule has 7 aromatic carbocycles. The molecule has 3 heterocycles. The molecule has 1 aliphatic rings. The molecule has 0 N–H and O–H groups in total. The summed E-state index contributed by atoms with van der Waals surface area (Å²) < 4.78 is 7.62. The number of fused-ring (bicyclic) bond motifs is 12. The van der Waals surface area contributed by atoms with E-state index in [1.54, 1.807) is 0 Å². The molecule has 48 heavy (non-hydrogen) atoms. The summed E-state index contributed by atoms with van der Waals surface area (Å²) in [5, 5.41) is 7.75. The Labute approximate surface area is 281 Å². The second-order valence-corrected chi connectivity index (χ2v) is 14.9. The molecule has 11 rings (SSSR count). The quantitative estimate of drug-likeness (QED) is 0.180. The Morgan fingerprint density at radius 1 is 0.396 bits per heavy atom. The van der Waals surface area contributed by atoms with Crippen LogP contribution >= 0.6 is 11.3 Å². The fourth-order valence-electron chi connectivity index (χ4n) is 8.67. The van der Waals surface area contributed by atoms with Crippen molar-refractivity contribution in [2.75, 3.05) is 0 Å². The average molecular weight is 631 g/mol. The van der Waals surface area contributed by atoms with Crippen molar-refractivity contribution in [1.29, 1.82) is 0 Å². The Morgan fingerprint density at radius 3 is 1.71 bits per heavy atom. The van der Waals surface area contributed by atoms with Crippen molar-refractivity contribution in [2.45, 2.75) is 19.3 Å². The van der Waals surface area contributed by atoms with Gasteiger partial charge in [-0.05, 0) is 82.9 Å². The highest BCUT2D eigenvalue weighted by atomic mass is 32.1. The largest absolute Gasteiger partial charge is 0.309 e. The van der Waals surface area contributed by atoms with Crippen LogP contribution in [0.15, 0.2) is 146 Å². The molecular weight excluding hydrogens is 601 g/mol. The third-order valence-corrected chi connectivity index (χ3v) is 12.1. The smallest absolute Gasteiger partial charge is 0.0562 e. The predicted octanol–water partition coefficient (Wildman–Crippen LogP) is 12.6. The minimum atomic E-state index is -0.0646. The number of hydrogen-bond acceptors (Lipinski definition) is 1.